The van der Waals surface area contributed by atoms with E-state index in [-0.39, 0.29) is 5.82 Å². The topological polar surface area (TPSA) is 19.0 Å². The Morgan fingerprint density at radius 1 is 1.10 bits per heavy atom. The van der Waals surface area contributed by atoms with Gasteiger partial charge in [0.1, 0.15) is 11.6 Å². The molecule has 2 aromatic carbocycles. The van der Waals surface area contributed by atoms with Crippen LogP contribution in [0.15, 0.2) is 42.5 Å². The number of nitrogens with zero attached hydrogens (tertiary/aromatic N) is 3. The number of hydrogen-bond donors (Lipinski definition) is 0. The van der Waals surface area contributed by atoms with Crippen LogP contribution in [0.4, 0.5) is 21.5 Å². The summed E-state index contributed by atoms with van der Waals surface area (Å²) in [4.78, 5) is 6.84. The van der Waals surface area contributed by atoms with Crippen molar-refractivity contribution in [3.8, 4) is 5.75 Å². The van der Waals surface area contributed by atoms with Crippen LogP contribution in [0.5, 0.6) is 5.75 Å². The first kappa shape index (κ1) is 21.9. The van der Waals surface area contributed by atoms with Crippen molar-refractivity contribution in [2.45, 2.75) is 52.1 Å². The summed E-state index contributed by atoms with van der Waals surface area (Å²) in [7, 11) is 1.98. The molecule has 0 spiro atoms. The van der Waals surface area contributed by atoms with Crippen molar-refractivity contribution >= 4 is 17.1 Å². The third-order valence-corrected chi connectivity index (χ3v) is 6.92. The fourth-order valence-corrected chi connectivity index (χ4v) is 4.90. The fraction of sp³-hybridized carbons (Fsp3) is 0.538. The number of ether oxygens (including phenoxy) is 1. The van der Waals surface area contributed by atoms with E-state index in [1.54, 1.807) is 6.07 Å². The summed E-state index contributed by atoms with van der Waals surface area (Å²) in [6, 6.07) is 14.7. The lowest BCUT2D eigenvalue weighted by Crippen LogP contribution is -2.37. The number of hydrogen-bond acceptors (Lipinski definition) is 4. The van der Waals surface area contributed by atoms with Gasteiger partial charge in [-0.05, 0) is 75.1 Å². The molecule has 0 bridgehead atoms. The highest BCUT2D eigenvalue weighted by Gasteiger charge is 2.42. The molecule has 2 aliphatic rings. The van der Waals surface area contributed by atoms with E-state index in [0.717, 1.165) is 68.3 Å². The van der Waals surface area contributed by atoms with Crippen molar-refractivity contribution < 1.29 is 9.13 Å². The third-order valence-electron chi connectivity index (χ3n) is 6.92. The molecule has 2 aromatic rings. The largest absolute Gasteiger partial charge is 0.494 e. The van der Waals surface area contributed by atoms with Gasteiger partial charge in [-0.1, -0.05) is 13.3 Å². The van der Waals surface area contributed by atoms with Crippen LogP contribution in [0.25, 0.3) is 0 Å². The first-order valence-corrected chi connectivity index (χ1v) is 11.7. The van der Waals surface area contributed by atoms with Gasteiger partial charge in [-0.3, -0.25) is 4.90 Å². The molecule has 4 nitrogen and oxygen atoms in total. The van der Waals surface area contributed by atoms with Gasteiger partial charge in [-0.2, -0.15) is 0 Å². The van der Waals surface area contributed by atoms with E-state index in [1.165, 1.54) is 0 Å². The molecule has 2 heterocycles. The zero-order valence-corrected chi connectivity index (χ0v) is 19.4. The lowest BCUT2D eigenvalue weighted by molar-refractivity contribution is 0.259. The molecule has 0 aliphatic carbocycles. The van der Waals surface area contributed by atoms with E-state index in [9.17, 15) is 0 Å². The Balaban J connectivity index is 1.45. The van der Waals surface area contributed by atoms with Gasteiger partial charge in [0, 0.05) is 50.1 Å². The van der Waals surface area contributed by atoms with Crippen molar-refractivity contribution in [3.05, 3.63) is 48.3 Å². The molecule has 2 saturated heterocycles. The van der Waals surface area contributed by atoms with E-state index in [2.05, 4.69) is 30.6 Å². The Hall–Kier alpha value is -2.27. The van der Waals surface area contributed by atoms with E-state index < -0.39 is 0 Å². The maximum absolute atomic E-state index is 15.2. The lowest BCUT2D eigenvalue weighted by Gasteiger charge is -2.29. The second kappa shape index (κ2) is 9.47. The van der Waals surface area contributed by atoms with Gasteiger partial charge in [0.25, 0.3) is 0 Å². The second-order valence-corrected chi connectivity index (χ2v) is 9.25. The average molecular weight is 426 g/mol. The number of halogens is 1. The van der Waals surface area contributed by atoms with E-state index >= 15 is 4.39 Å². The van der Waals surface area contributed by atoms with Crippen molar-refractivity contribution in [1.82, 2.24) is 4.90 Å². The molecule has 4 rings (SSSR count). The molecule has 0 aromatic heterocycles. The SMILES string of the molecule is CCCCOc1ccc(N(C)c2ccc(N3CCC4CN(C(C)C)CC43)c(F)c2)cc1. The zero-order valence-electron chi connectivity index (χ0n) is 19.4. The van der Waals surface area contributed by atoms with Crippen LogP contribution in [0.2, 0.25) is 0 Å². The number of unbranched alkanes of at least 4 members (excludes halogenated alkanes) is 1. The maximum Gasteiger partial charge on any atom is 0.148 e. The Labute approximate surface area is 186 Å². The van der Waals surface area contributed by atoms with Crippen LogP contribution in [0.3, 0.4) is 0 Å². The number of anilines is 3. The summed E-state index contributed by atoms with van der Waals surface area (Å²) in [6.45, 7) is 10.5. The molecule has 0 saturated carbocycles. The summed E-state index contributed by atoms with van der Waals surface area (Å²) in [6.07, 6.45) is 3.33. The predicted octanol–water partition coefficient (Wildman–Crippen LogP) is 5.69. The summed E-state index contributed by atoms with van der Waals surface area (Å²) < 4.78 is 21.0. The molecule has 168 valence electrons. The lowest BCUT2D eigenvalue weighted by atomic mass is 10.0. The molecule has 2 atom stereocenters. The van der Waals surface area contributed by atoms with Gasteiger partial charge in [0.05, 0.1) is 12.3 Å². The van der Waals surface area contributed by atoms with Crippen LogP contribution in [-0.2, 0) is 0 Å². The highest BCUT2D eigenvalue weighted by atomic mass is 19.1. The maximum atomic E-state index is 15.2. The summed E-state index contributed by atoms with van der Waals surface area (Å²) in [5, 5.41) is 0. The molecule has 2 unspecified atom stereocenters. The highest BCUT2D eigenvalue weighted by molar-refractivity contribution is 5.66. The van der Waals surface area contributed by atoms with Crippen molar-refractivity contribution in [2.75, 3.05) is 43.1 Å². The molecule has 2 aliphatic heterocycles. The van der Waals surface area contributed by atoms with Gasteiger partial charge in [-0.25, -0.2) is 4.39 Å². The minimum absolute atomic E-state index is 0.132. The summed E-state index contributed by atoms with van der Waals surface area (Å²) in [5.41, 5.74) is 2.61. The third kappa shape index (κ3) is 4.67. The minimum Gasteiger partial charge on any atom is -0.494 e. The normalized spacial score (nSPS) is 21.0. The molecule has 31 heavy (non-hydrogen) atoms. The van der Waals surface area contributed by atoms with Crippen molar-refractivity contribution in [3.63, 3.8) is 0 Å². The van der Waals surface area contributed by atoms with Gasteiger partial charge >= 0.3 is 0 Å². The molecule has 0 radical (unpaired) electrons. The Morgan fingerprint density at radius 3 is 2.52 bits per heavy atom. The number of fused-ring (bicyclic) bond motifs is 1. The minimum atomic E-state index is -0.132. The van der Waals surface area contributed by atoms with Crippen LogP contribution in [0, 0.1) is 11.7 Å². The summed E-state index contributed by atoms with van der Waals surface area (Å²) in [5.74, 6) is 1.40. The van der Waals surface area contributed by atoms with Gasteiger partial charge in [0.2, 0.25) is 0 Å². The van der Waals surface area contributed by atoms with Crippen LogP contribution < -0.4 is 14.5 Å². The standard InChI is InChI=1S/C26H36FN3O/c1-5-6-15-31-23-10-7-21(8-11-23)28(4)22-9-12-25(24(27)16-22)30-14-13-20-17-29(19(2)3)18-26(20)30/h7-12,16,19-20,26H,5-6,13-15,17-18H2,1-4H3. The first-order valence-electron chi connectivity index (χ1n) is 11.7. The Morgan fingerprint density at radius 2 is 1.84 bits per heavy atom. The number of likely N-dealkylation sites (tertiary alicyclic amines) is 1. The number of rotatable bonds is 8. The highest BCUT2D eigenvalue weighted by Crippen LogP contribution is 2.38. The van der Waals surface area contributed by atoms with Gasteiger partial charge in [0.15, 0.2) is 0 Å². The quantitative estimate of drug-likeness (QED) is 0.506. The van der Waals surface area contributed by atoms with Gasteiger partial charge in [-0.15, -0.1) is 0 Å². The van der Waals surface area contributed by atoms with Crippen LogP contribution >= 0.6 is 0 Å². The monoisotopic (exact) mass is 425 g/mol. The van der Waals surface area contributed by atoms with Crippen LogP contribution in [0.1, 0.15) is 40.0 Å². The Kier molecular flexibility index (Phi) is 6.71. The average Bonchev–Trinajstić information content (AvgIpc) is 3.35. The predicted molar refractivity (Wildman–Crippen MR) is 127 cm³/mol. The smallest absolute Gasteiger partial charge is 0.148 e. The summed E-state index contributed by atoms with van der Waals surface area (Å²) >= 11 is 0. The molecule has 0 amide bonds. The van der Waals surface area contributed by atoms with Gasteiger partial charge < -0.3 is 14.5 Å². The molecule has 0 N–H and O–H groups in total. The number of benzene rings is 2. The van der Waals surface area contributed by atoms with E-state index in [1.807, 2.05) is 48.3 Å². The van der Waals surface area contributed by atoms with E-state index in [4.69, 9.17) is 4.74 Å². The molecule has 5 heteroatoms. The molecular formula is C26H36FN3O. The fourth-order valence-electron chi connectivity index (χ4n) is 4.90. The molecular weight excluding hydrogens is 389 g/mol. The van der Waals surface area contributed by atoms with E-state index in [0.29, 0.717) is 18.0 Å². The van der Waals surface area contributed by atoms with Crippen molar-refractivity contribution in [1.29, 1.82) is 0 Å². The Bertz CT molecular complexity index is 869. The zero-order chi connectivity index (χ0) is 22.0. The van der Waals surface area contributed by atoms with Crippen molar-refractivity contribution in [2.24, 2.45) is 5.92 Å². The molecule has 2 fully saturated rings. The second-order valence-electron chi connectivity index (χ2n) is 9.25. The first-order chi connectivity index (χ1) is 15.0. The van der Waals surface area contributed by atoms with Crippen LogP contribution in [-0.4, -0.2) is 50.3 Å².